The normalized spacial score (nSPS) is 11.2. The molecule has 22 heavy (non-hydrogen) atoms. The quantitative estimate of drug-likeness (QED) is 0.248. The maximum absolute atomic E-state index is 3.58. The van der Waals surface area contributed by atoms with Crippen molar-refractivity contribution in [3.8, 4) is 0 Å². The lowest BCUT2D eigenvalue weighted by molar-refractivity contribution is 0.527. The largest absolute Gasteiger partial charge is 0.317 e. The predicted octanol–water partition coefficient (Wildman–Crippen LogP) is 7.25. The average Bonchev–Trinajstić information content (AvgIpc) is 2.54. The van der Waals surface area contributed by atoms with Crippen LogP contribution >= 0.6 is 0 Å². The van der Waals surface area contributed by atoms with Crippen molar-refractivity contribution in [3.63, 3.8) is 0 Å². The Labute approximate surface area is 142 Å². The standard InChI is InChI=1S/C21H45N/c1-3-5-7-9-10-11-12-13-14-15-16-17-19-21-22-20-18-8-6-4-2/h22H,3-21H2,1-2H3. The van der Waals surface area contributed by atoms with Crippen LogP contribution in [0.5, 0.6) is 0 Å². The Kier molecular flexibility index (Phi) is 20.9. The van der Waals surface area contributed by atoms with Crippen LogP contribution < -0.4 is 5.32 Å². The molecular weight excluding hydrogens is 266 g/mol. The van der Waals surface area contributed by atoms with E-state index in [-0.39, 0.29) is 0 Å². The van der Waals surface area contributed by atoms with E-state index in [1.807, 2.05) is 0 Å². The molecule has 0 radical (unpaired) electrons. The van der Waals surface area contributed by atoms with E-state index in [1.165, 1.54) is 122 Å². The van der Waals surface area contributed by atoms with Gasteiger partial charge in [-0.05, 0) is 25.9 Å². The molecule has 134 valence electrons. The summed E-state index contributed by atoms with van der Waals surface area (Å²) in [6.45, 7) is 7.05. The van der Waals surface area contributed by atoms with Gasteiger partial charge in [0, 0.05) is 0 Å². The molecule has 0 rings (SSSR count). The minimum Gasteiger partial charge on any atom is -0.317 e. The van der Waals surface area contributed by atoms with Crippen molar-refractivity contribution < 1.29 is 0 Å². The van der Waals surface area contributed by atoms with Gasteiger partial charge in [-0.25, -0.2) is 0 Å². The second kappa shape index (κ2) is 21.0. The third-order valence-corrected chi connectivity index (χ3v) is 4.66. The Morgan fingerprint density at radius 3 is 1.00 bits per heavy atom. The molecule has 1 nitrogen and oxygen atoms in total. The highest BCUT2D eigenvalue weighted by Gasteiger charge is 1.94. The molecule has 0 aliphatic carbocycles. The lowest BCUT2D eigenvalue weighted by atomic mass is 10.0. The fourth-order valence-electron chi connectivity index (χ4n) is 3.07. The van der Waals surface area contributed by atoms with Crippen molar-refractivity contribution in [1.82, 2.24) is 5.32 Å². The van der Waals surface area contributed by atoms with Gasteiger partial charge in [-0.2, -0.15) is 0 Å². The molecule has 0 bridgehead atoms. The molecule has 0 spiro atoms. The van der Waals surface area contributed by atoms with Crippen molar-refractivity contribution >= 4 is 0 Å². The van der Waals surface area contributed by atoms with Gasteiger partial charge in [0.2, 0.25) is 0 Å². The van der Waals surface area contributed by atoms with Crippen LogP contribution in [0.1, 0.15) is 123 Å². The van der Waals surface area contributed by atoms with Gasteiger partial charge in [-0.15, -0.1) is 0 Å². The predicted molar refractivity (Wildman–Crippen MR) is 103 cm³/mol. The Balaban J connectivity index is 2.91. The van der Waals surface area contributed by atoms with Gasteiger partial charge < -0.3 is 5.32 Å². The van der Waals surface area contributed by atoms with Crippen LogP contribution in [0.4, 0.5) is 0 Å². The van der Waals surface area contributed by atoms with Gasteiger partial charge in [-0.3, -0.25) is 0 Å². The zero-order valence-corrected chi connectivity index (χ0v) is 15.9. The Hall–Kier alpha value is -0.0400. The van der Waals surface area contributed by atoms with Gasteiger partial charge in [0.15, 0.2) is 0 Å². The number of nitrogens with one attached hydrogen (secondary N) is 1. The molecule has 0 aromatic carbocycles. The molecule has 0 aromatic heterocycles. The van der Waals surface area contributed by atoms with Gasteiger partial charge >= 0.3 is 0 Å². The molecular formula is C21H45N. The third kappa shape index (κ3) is 20.0. The van der Waals surface area contributed by atoms with Crippen LogP contribution in [-0.4, -0.2) is 13.1 Å². The Morgan fingerprint density at radius 2 is 0.636 bits per heavy atom. The average molecular weight is 312 g/mol. The van der Waals surface area contributed by atoms with E-state index in [9.17, 15) is 0 Å². The lowest BCUT2D eigenvalue weighted by Gasteiger charge is -2.05. The van der Waals surface area contributed by atoms with Gasteiger partial charge in [0.05, 0.1) is 0 Å². The number of rotatable bonds is 19. The van der Waals surface area contributed by atoms with E-state index >= 15 is 0 Å². The van der Waals surface area contributed by atoms with Gasteiger partial charge in [-0.1, -0.05) is 110 Å². The topological polar surface area (TPSA) is 12.0 Å². The minimum atomic E-state index is 1.23. The number of unbranched alkanes of at least 4 members (excludes halogenated alkanes) is 15. The van der Waals surface area contributed by atoms with Crippen LogP contribution in [0.2, 0.25) is 0 Å². The lowest BCUT2D eigenvalue weighted by Crippen LogP contribution is -2.16. The first-order valence-corrected chi connectivity index (χ1v) is 10.6. The van der Waals surface area contributed by atoms with Crippen LogP contribution in [0.15, 0.2) is 0 Å². The second-order valence-electron chi connectivity index (χ2n) is 7.05. The highest BCUT2D eigenvalue weighted by Crippen LogP contribution is 2.12. The summed E-state index contributed by atoms with van der Waals surface area (Å²) in [4.78, 5) is 0. The highest BCUT2D eigenvalue weighted by molar-refractivity contribution is 4.52. The van der Waals surface area contributed by atoms with E-state index in [1.54, 1.807) is 0 Å². The summed E-state index contributed by atoms with van der Waals surface area (Å²) in [7, 11) is 0. The van der Waals surface area contributed by atoms with E-state index in [0.717, 1.165) is 0 Å². The molecule has 0 aromatic rings. The molecule has 0 atom stereocenters. The summed E-state index contributed by atoms with van der Waals surface area (Å²) in [6.07, 6.45) is 24.4. The van der Waals surface area contributed by atoms with Crippen molar-refractivity contribution in [2.24, 2.45) is 0 Å². The molecule has 0 amide bonds. The van der Waals surface area contributed by atoms with Crippen LogP contribution in [0.25, 0.3) is 0 Å². The number of hydrogen-bond acceptors (Lipinski definition) is 1. The summed E-state index contributed by atoms with van der Waals surface area (Å²) < 4.78 is 0. The monoisotopic (exact) mass is 311 g/mol. The van der Waals surface area contributed by atoms with Crippen LogP contribution in [0, 0.1) is 0 Å². The van der Waals surface area contributed by atoms with E-state index in [4.69, 9.17) is 0 Å². The highest BCUT2D eigenvalue weighted by atomic mass is 14.8. The molecule has 0 heterocycles. The molecule has 0 aliphatic heterocycles. The zero-order valence-electron chi connectivity index (χ0n) is 15.9. The molecule has 0 aliphatic rings. The summed E-state index contributed by atoms with van der Waals surface area (Å²) in [5, 5.41) is 3.58. The Morgan fingerprint density at radius 1 is 0.364 bits per heavy atom. The maximum Gasteiger partial charge on any atom is -0.00489 e. The van der Waals surface area contributed by atoms with Gasteiger partial charge in [0.1, 0.15) is 0 Å². The van der Waals surface area contributed by atoms with Crippen LogP contribution in [-0.2, 0) is 0 Å². The fraction of sp³-hybridized carbons (Fsp3) is 1.00. The maximum atomic E-state index is 3.58. The van der Waals surface area contributed by atoms with Crippen LogP contribution in [0.3, 0.4) is 0 Å². The molecule has 1 heteroatoms. The Bertz CT molecular complexity index is 159. The van der Waals surface area contributed by atoms with Gasteiger partial charge in [0.25, 0.3) is 0 Å². The van der Waals surface area contributed by atoms with Crippen molar-refractivity contribution in [1.29, 1.82) is 0 Å². The fourth-order valence-corrected chi connectivity index (χ4v) is 3.07. The summed E-state index contributed by atoms with van der Waals surface area (Å²) in [6, 6.07) is 0. The van der Waals surface area contributed by atoms with Crippen molar-refractivity contribution in [2.75, 3.05) is 13.1 Å². The minimum absolute atomic E-state index is 1.23. The first-order valence-electron chi connectivity index (χ1n) is 10.6. The first-order chi connectivity index (χ1) is 10.9. The van der Waals surface area contributed by atoms with Crippen molar-refractivity contribution in [3.05, 3.63) is 0 Å². The summed E-state index contributed by atoms with van der Waals surface area (Å²) >= 11 is 0. The van der Waals surface area contributed by atoms with E-state index in [0.29, 0.717) is 0 Å². The third-order valence-electron chi connectivity index (χ3n) is 4.66. The summed E-state index contributed by atoms with van der Waals surface area (Å²) in [5.41, 5.74) is 0. The van der Waals surface area contributed by atoms with E-state index < -0.39 is 0 Å². The molecule has 0 fully saturated rings. The van der Waals surface area contributed by atoms with Crippen molar-refractivity contribution in [2.45, 2.75) is 123 Å². The smallest absolute Gasteiger partial charge is 0.00489 e. The zero-order chi connectivity index (χ0) is 16.1. The summed E-state index contributed by atoms with van der Waals surface area (Å²) in [5.74, 6) is 0. The first kappa shape index (κ1) is 22.0. The number of hydrogen-bond donors (Lipinski definition) is 1. The second-order valence-corrected chi connectivity index (χ2v) is 7.05. The molecule has 0 saturated heterocycles. The van der Waals surface area contributed by atoms with E-state index in [2.05, 4.69) is 19.2 Å². The molecule has 0 saturated carbocycles. The molecule has 1 N–H and O–H groups in total. The SMILES string of the molecule is CCCCCCCCCCCCCCCNCCCCCC. The molecule has 0 unspecified atom stereocenters.